The third-order valence-corrected chi connectivity index (χ3v) is 6.78. The molecule has 3 fully saturated rings. The van der Waals surface area contributed by atoms with E-state index in [1.54, 1.807) is 0 Å². The average Bonchev–Trinajstić information content (AvgIpc) is 3.13. The van der Waals surface area contributed by atoms with Crippen LogP contribution in [0, 0.1) is 34.5 Å². The summed E-state index contributed by atoms with van der Waals surface area (Å²) >= 11 is 0. The number of aliphatic imine (C=N–C) groups is 1. The van der Waals surface area contributed by atoms with Gasteiger partial charge in [-0.3, -0.25) is 4.99 Å². The molecule has 3 heterocycles. The van der Waals surface area contributed by atoms with Gasteiger partial charge in [-0.2, -0.15) is 10.5 Å². The first-order valence-corrected chi connectivity index (χ1v) is 11.3. The predicted octanol–water partition coefficient (Wildman–Crippen LogP) is 2.73. The van der Waals surface area contributed by atoms with E-state index in [9.17, 15) is 10.5 Å². The maximum Gasteiger partial charge on any atom is 0.189 e. The van der Waals surface area contributed by atoms with Crippen molar-refractivity contribution in [2.75, 3.05) is 52.4 Å². The second-order valence-electron chi connectivity index (χ2n) is 8.75. The topological polar surface area (TPSA) is 69.7 Å². The first-order chi connectivity index (χ1) is 13.7. The van der Waals surface area contributed by atoms with Crippen molar-refractivity contribution in [2.45, 2.75) is 57.9 Å². The van der Waals surface area contributed by atoms with Gasteiger partial charge in [0.05, 0.1) is 18.7 Å². The van der Waals surface area contributed by atoms with Crippen molar-refractivity contribution >= 4 is 5.84 Å². The summed E-state index contributed by atoms with van der Waals surface area (Å²) in [6.45, 7) is 10.6. The Hall–Kier alpha value is -1.63. The predicted molar refractivity (Wildman–Crippen MR) is 112 cm³/mol. The Morgan fingerprint density at radius 3 is 2.29 bits per heavy atom. The van der Waals surface area contributed by atoms with Crippen LogP contribution in [0.1, 0.15) is 51.9 Å². The van der Waals surface area contributed by atoms with Crippen molar-refractivity contribution in [1.29, 1.82) is 10.5 Å². The Labute approximate surface area is 170 Å². The minimum atomic E-state index is -0.739. The number of hydrogen-bond donors (Lipinski definition) is 0. The maximum absolute atomic E-state index is 9.45. The van der Waals surface area contributed by atoms with Gasteiger partial charge in [-0.1, -0.05) is 6.42 Å². The molecular formula is C22H36N6. The highest BCUT2D eigenvalue weighted by Crippen LogP contribution is 2.24. The van der Waals surface area contributed by atoms with E-state index in [-0.39, 0.29) is 0 Å². The molecule has 0 aromatic carbocycles. The van der Waals surface area contributed by atoms with E-state index in [4.69, 9.17) is 4.99 Å². The van der Waals surface area contributed by atoms with Crippen LogP contribution in [-0.2, 0) is 0 Å². The SMILES string of the molecule is CC1CCCN1CC1CCN(C(=NCCN2CCCCC2)C(C#N)C#N)CC1. The smallest absolute Gasteiger partial charge is 0.189 e. The van der Waals surface area contributed by atoms with Crippen LogP contribution >= 0.6 is 0 Å². The first kappa shape index (κ1) is 21.1. The second kappa shape index (κ2) is 10.8. The molecule has 0 bridgehead atoms. The van der Waals surface area contributed by atoms with E-state index in [1.807, 2.05) is 0 Å². The number of piperidine rings is 2. The van der Waals surface area contributed by atoms with Crippen LogP contribution in [0.4, 0.5) is 0 Å². The van der Waals surface area contributed by atoms with Crippen LogP contribution in [0.25, 0.3) is 0 Å². The molecule has 3 rings (SSSR count). The Balaban J connectivity index is 1.53. The van der Waals surface area contributed by atoms with Gasteiger partial charge < -0.3 is 14.7 Å². The highest BCUT2D eigenvalue weighted by molar-refractivity contribution is 5.89. The van der Waals surface area contributed by atoms with Crippen molar-refractivity contribution in [3.05, 3.63) is 0 Å². The molecule has 154 valence electrons. The van der Waals surface area contributed by atoms with Crippen molar-refractivity contribution in [1.82, 2.24) is 14.7 Å². The lowest BCUT2D eigenvalue weighted by Crippen LogP contribution is -2.44. The zero-order chi connectivity index (χ0) is 19.8. The monoisotopic (exact) mass is 384 g/mol. The molecule has 0 aromatic rings. The molecule has 0 radical (unpaired) electrons. The van der Waals surface area contributed by atoms with Crippen LogP contribution in [0.15, 0.2) is 4.99 Å². The second-order valence-corrected chi connectivity index (χ2v) is 8.75. The normalized spacial score (nSPS) is 25.8. The molecule has 1 atom stereocenters. The molecule has 0 spiro atoms. The molecule has 0 saturated carbocycles. The standard InChI is InChI=1S/C22H36N6/c1-19-6-5-12-28(19)18-20-7-13-27(14-8-20)22(21(16-23)17-24)25-9-15-26-10-3-2-4-11-26/h19-21H,2-15,18H2,1H3. The molecule has 28 heavy (non-hydrogen) atoms. The number of nitriles is 2. The molecule has 0 amide bonds. The molecule has 0 aliphatic carbocycles. The summed E-state index contributed by atoms with van der Waals surface area (Å²) in [6.07, 6.45) is 8.83. The first-order valence-electron chi connectivity index (χ1n) is 11.3. The van der Waals surface area contributed by atoms with Gasteiger partial charge in [-0.05, 0) is 71.0 Å². The molecule has 3 saturated heterocycles. The van der Waals surface area contributed by atoms with E-state index < -0.39 is 5.92 Å². The molecule has 1 unspecified atom stereocenters. The quantitative estimate of drug-likeness (QED) is 0.520. The van der Waals surface area contributed by atoms with E-state index in [2.05, 4.69) is 33.8 Å². The molecule has 6 heteroatoms. The zero-order valence-electron chi connectivity index (χ0n) is 17.5. The number of rotatable bonds is 6. The van der Waals surface area contributed by atoms with Gasteiger partial charge >= 0.3 is 0 Å². The molecule has 3 aliphatic heterocycles. The maximum atomic E-state index is 9.45. The van der Waals surface area contributed by atoms with Crippen molar-refractivity contribution in [3.8, 4) is 12.1 Å². The van der Waals surface area contributed by atoms with Gasteiger partial charge in [-0.15, -0.1) is 0 Å². The van der Waals surface area contributed by atoms with Crippen molar-refractivity contribution < 1.29 is 0 Å². The zero-order valence-corrected chi connectivity index (χ0v) is 17.5. The molecular weight excluding hydrogens is 348 g/mol. The molecule has 6 nitrogen and oxygen atoms in total. The lowest BCUT2D eigenvalue weighted by atomic mass is 9.95. The van der Waals surface area contributed by atoms with E-state index in [1.165, 1.54) is 45.2 Å². The Bertz CT molecular complexity index is 575. The Kier molecular flexibility index (Phi) is 8.13. The highest BCUT2D eigenvalue weighted by Gasteiger charge is 2.29. The van der Waals surface area contributed by atoms with Crippen LogP contribution in [0.3, 0.4) is 0 Å². The minimum Gasteiger partial charge on any atom is -0.358 e. The van der Waals surface area contributed by atoms with E-state index >= 15 is 0 Å². The molecule has 0 N–H and O–H groups in total. The van der Waals surface area contributed by atoms with Crippen LogP contribution in [0.2, 0.25) is 0 Å². The summed E-state index contributed by atoms with van der Waals surface area (Å²) < 4.78 is 0. The summed E-state index contributed by atoms with van der Waals surface area (Å²) in [6, 6.07) is 5.04. The summed E-state index contributed by atoms with van der Waals surface area (Å²) in [4.78, 5) is 12.1. The average molecular weight is 385 g/mol. The van der Waals surface area contributed by atoms with Gasteiger partial charge in [0.25, 0.3) is 0 Å². The summed E-state index contributed by atoms with van der Waals surface area (Å²) in [5.41, 5.74) is 0. The number of amidine groups is 1. The summed E-state index contributed by atoms with van der Waals surface area (Å²) in [5, 5.41) is 18.9. The van der Waals surface area contributed by atoms with Gasteiger partial charge in [0, 0.05) is 32.2 Å². The Morgan fingerprint density at radius 2 is 1.68 bits per heavy atom. The third kappa shape index (κ3) is 5.69. The lowest BCUT2D eigenvalue weighted by Gasteiger charge is -2.37. The molecule has 3 aliphatic rings. The summed E-state index contributed by atoms with van der Waals surface area (Å²) in [7, 11) is 0. The van der Waals surface area contributed by atoms with E-state index in [0.717, 1.165) is 63.4 Å². The van der Waals surface area contributed by atoms with Crippen molar-refractivity contribution in [2.24, 2.45) is 16.8 Å². The summed E-state index contributed by atoms with van der Waals surface area (Å²) in [5.74, 6) is 0.709. The highest BCUT2D eigenvalue weighted by atomic mass is 15.2. The van der Waals surface area contributed by atoms with Gasteiger partial charge in [0.15, 0.2) is 5.92 Å². The number of nitrogens with zero attached hydrogens (tertiary/aromatic N) is 6. The van der Waals surface area contributed by atoms with Crippen molar-refractivity contribution in [3.63, 3.8) is 0 Å². The fourth-order valence-corrected chi connectivity index (χ4v) is 4.95. The van der Waals surface area contributed by atoms with Gasteiger partial charge in [-0.25, -0.2) is 0 Å². The number of hydrogen-bond acceptors (Lipinski definition) is 5. The minimum absolute atomic E-state index is 0.695. The fourth-order valence-electron chi connectivity index (χ4n) is 4.95. The van der Waals surface area contributed by atoms with E-state index in [0.29, 0.717) is 6.54 Å². The van der Waals surface area contributed by atoms with Crippen LogP contribution in [-0.4, -0.2) is 78.9 Å². The van der Waals surface area contributed by atoms with Crippen LogP contribution in [0.5, 0.6) is 0 Å². The largest absolute Gasteiger partial charge is 0.358 e. The Morgan fingerprint density at radius 1 is 0.964 bits per heavy atom. The van der Waals surface area contributed by atoms with Crippen LogP contribution < -0.4 is 0 Å². The fraction of sp³-hybridized carbons (Fsp3) is 0.864. The molecule has 0 aromatic heterocycles. The third-order valence-electron chi connectivity index (χ3n) is 6.78. The lowest BCUT2D eigenvalue weighted by molar-refractivity contribution is 0.173. The van der Waals surface area contributed by atoms with Gasteiger partial charge in [0.2, 0.25) is 0 Å². The van der Waals surface area contributed by atoms with Gasteiger partial charge in [0.1, 0.15) is 5.84 Å². The number of likely N-dealkylation sites (tertiary alicyclic amines) is 3.